The second kappa shape index (κ2) is 11.3. The first-order chi connectivity index (χ1) is 12.3. The van der Waals surface area contributed by atoms with Gasteiger partial charge in [-0.25, -0.2) is 4.79 Å². The molecule has 158 valence electrons. The van der Waals surface area contributed by atoms with E-state index in [2.05, 4.69) is 27.0 Å². The summed E-state index contributed by atoms with van der Waals surface area (Å²) >= 11 is 0. The van der Waals surface area contributed by atoms with Crippen LogP contribution in [0.1, 0.15) is 40.5 Å². The molecule has 8 heteroatoms. The van der Waals surface area contributed by atoms with Gasteiger partial charge in [-0.2, -0.15) is 0 Å². The lowest BCUT2D eigenvalue weighted by atomic mass is 10.00. The van der Waals surface area contributed by atoms with Crippen molar-refractivity contribution in [2.24, 2.45) is 10.9 Å². The van der Waals surface area contributed by atoms with Crippen molar-refractivity contribution in [1.29, 1.82) is 0 Å². The minimum atomic E-state index is -0.430. The summed E-state index contributed by atoms with van der Waals surface area (Å²) < 4.78 is 5.45. The lowest BCUT2D eigenvalue weighted by Gasteiger charge is -2.36. The number of nitrogens with zero attached hydrogens (tertiary/aromatic N) is 4. The van der Waals surface area contributed by atoms with Crippen LogP contribution in [-0.2, 0) is 4.74 Å². The SMILES string of the molecule is CN=C(NCCN1CCN(C(=O)OC(C)(C)C)CC1)N1CCC(C)CC1.I. The Bertz CT molecular complexity index is 479. The molecule has 0 saturated carbocycles. The Balaban J connectivity index is 0.00000364. The first-order valence-electron chi connectivity index (χ1n) is 9.94. The van der Waals surface area contributed by atoms with Gasteiger partial charge in [0.2, 0.25) is 0 Å². The van der Waals surface area contributed by atoms with Crippen LogP contribution in [0.3, 0.4) is 0 Å². The van der Waals surface area contributed by atoms with Crippen LogP contribution in [-0.4, -0.2) is 91.8 Å². The van der Waals surface area contributed by atoms with E-state index in [1.807, 2.05) is 32.7 Å². The van der Waals surface area contributed by atoms with E-state index in [0.29, 0.717) is 0 Å². The van der Waals surface area contributed by atoms with Crippen molar-refractivity contribution in [3.8, 4) is 0 Å². The molecule has 7 nitrogen and oxygen atoms in total. The monoisotopic (exact) mass is 495 g/mol. The minimum Gasteiger partial charge on any atom is -0.444 e. The standard InChI is InChI=1S/C19H37N5O2.HI/c1-16-6-9-23(10-7-16)17(20-5)21-8-11-22-12-14-24(15-13-22)18(25)26-19(2,3)4;/h16H,6-15H2,1-5H3,(H,20,21);1H. The van der Waals surface area contributed by atoms with Gasteiger partial charge in [-0.1, -0.05) is 6.92 Å². The third-order valence-corrected chi connectivity index (χ3v) is 5.03. The summed E-state index contributed by atoms with van der Waals surface area (Å²) in [4.78, 5) is 23.1. The number of nitrogens with one attached hydrogen (secondary N) is 1. The molecule has 27 heavy (non-hydrogen) atoms. The molecule has 2 saturated heterocycles. The largest absolute Gasteiger partial charge is 0.444 e. The van der Waals surface area contributed by atoms with Crippen molar-refractivity contribution in [3.05, 3.63) is 0 Å². The van der Waals surface area contributed by atoms with Crippen molar-refractivity contribution in [3.63, 3.8) is 0 Å². The van der Waals surface area contributed by atoms with Gasteiger partial charge in [0, 0.05) is 59.4 Å². The Hall–Kier alpha value is -0.770. The summed E-state index contributed by atoms with van der Waals surface area (Å²) in [6, 6.07) is 0. The van der Waals surface area contributed by atoms with Gasteiger partial charge in [0.05, 0.1) is 0 Å². The number of piperazine rings is 1. The van der Waals surface area contributed by atoms with Gasteiger partial charge >= 0.3 is 6.09 Å². The van der Waals surface area contributed by atoms with E-state index in [-0.39, 0.29) is 30.1 Å². The van der Waals surface area contributed by atoms with Crippen molar-refractivity contribution in [1.82, 2.24) is 20.0 Å². The third kappa shape index (κ3) is 8.41. The van der Waals surface area contributed by atoms with E-state index >= 15 is 0 Å². The number of carbonyl (C=O) groups excluding carboxylic acids is 1. The lowest BCUT2D eigenvalue weighted by Crippen LogP contribution is -2.52. The summed E-state index contributed by atoms with van der Waals surface area (Å²) in [5.41, 5.74) is -0.430. The Morgan fingerprint density at radius 2 is 1.67 bits per heavy atom. The molecule has 0 bridgehead atoms. The Kier molecular flexibility index (Phi) is 10.1. The van der Waals surface area contributed by atoms with Crippen LogP contribution < -0.4 is 5.32 Å². The molecule has 0 aromatic heterocycles. The highest BCUT2D eigenvalue weighted by Gasteiger charge is 2.25. The second-order valence-electron chi connectivity index (χ2n) is 8.45. The molecule has 2 aliphatic heterocycles. The molecule has 0 spiro atoms. The van der Waals surface area contributed by atoms with Gasteiger partial charge < -0.3 is 19.9 Å². The predicted molar refractivity (Wildman–Crippen MR) is 121 cm³/mol. The summed E-state index contributed by atoms with van der Waals surface area (Å²) in [6.07, 6.45) is 2.29. The van der Waals surface area contributed by atoms with Crippen LogP contribution in [0.15, 0.2) is 4.99 Å². The molecule has 2 fully saturated rings. The van der Waals surface area contributed by atoms with E-state index in [9.17, 15) is 4.79 Å². The predicted octanol–water partition coefficient (Wildman–Crippen LogP) is 2.46. The highest BCUT2D eigenvalue weighted by atomic mass is 127. The van der Waals surface area contributed by atoms with Gasteiger partial charge in [0.15, 0.2) is 5.96 Å². The van der Waals surface area contributed by atoms with Crippen molar-refractivity contribution >= 4 is 36.0 Å². The molecule has 1 amide bonds. The van der Waals surface area contributed by atoms with Crippen molar-refractivity contribution in [2.75, 3.05) is 59.4 Å². The molecule has 0 aromatic rings. The third-order valence-electron chi connectivity index (χ3n) is 5.03. The maximum absolute atomic E-state index is 12.1. The minimum absolute atomic E-state index is 0. The first-order valence-corrected chi connectivity index (χ1v) is 9.94. The maximum Gasteiger partial charge on any atom is 0.410 e. The van der Waals surface area contributed by atoms with Crippen LogP contribution in [0.5, 0.6) is 0 Å². The van der Waals surface area contributed by atoms with Gasteiger partial charge in [-0.15, -0.1) is 24.0 Å². The molecular weight excluding hydrogens is 457 g/mol. The van der Waals surface area contributed by atoms with Crippen LogP contribution in [0.25, 0.3) is 0 Å². The number of ether oxygens (including phenoxy) is 1. The molecule has 0 aliphatic carbocycles. The van der Waals surface area contributed by atoms with Gasteiger partial charge in [-0.05, 0) is 39.5 Å². The number of halogens is 1. The molecule has 2 rings (SSSR count). The fourth-order valence-electron chi connectivity index (χ4n) is 3.36. The number of aliphatic imine (C=N–C) groups is 1. The Morgan fingerprint density at radius 3 is 2.19 bits per heavy atom. The molecule has 1 N–H and O–H groups in total. The average Bonchev–Trinajstić information content (AvgIpc) is 2.59. The van der Waals surface area contributed by atoms with E-state index < -0.39 is 5.60 Å². The second-order valence-corrected chi connectivity index (χ2v) is 8.45. The summed E-state index contributed by atoms with van der Waals surface area (Å²) in [5, 5.41) is 3.50. The zero-order valence-corrected chi connectivity index (χ0v) is 20.0. The lowest BCUT2D eigenvalue weighted by molar-refractivity contribution is 0.0147. The van der Waals surface area contributed by atoms with Crippen LogP contribution in [0, 0.1) is 5.92 Å². The van der Waals surface area contributed by atoms with E-state index in [1.54, 1.807) is 0 Å². The van der Waals surface area contributed by atoms with Crippen LogP contribution in [0.2, 0.25) is 0 Å². The van der Waals surface area contributed by atoms with Crippen molar-refractivity contribution < 1.29 is 9.53 Å². The van der Waals surface area contributed by atoms with Gasteiger partial charge in [-0.3, -0.25) is 9.89 Å². The molecule has 0 aromatic carbocycles. The molecule has 0 atom stereocenters. The molecule has 0 unspecified atom stereocenters. The van der Waals surface area contributed by atoms with Crippen LogP contribution in [0.4, 0.5) is 4.79 Å². The molecule has 0 radical (unpaired) electrons. The van der Waals surface area contributed by atoms with E-state index in [4.69, 9.17) is 4.74 Å². The fourth-order valence-corrected chi connectivity index (χ4v) is 3.36. The van der Waals surface area contributed by atoms with Gasteiger partial charge in [0.25, 0.3) is 0 Å². The number of carbonyl (C=O) groups is 1. The number of likely N-dealkylation sites (tertiary alicyclic amines) is 1. The zero-order chi connectivity index (χ0) is 19.2. The van der Waals surface area contributed by atoms with E-state index in [0.717, 1.165) is 64.2 Å². The Morgan fingerprint density at radius 1 is 1.07 bits per heavy atom. The van der Waals surface area contributed by atoms with E-state index in [1.165, 1.54) is 12.8 Å². The highest BCUT2D eigenvalue weighted by Crippen LogP contribution is 2.16. The molecule has 2 heterocycles. The number of guanidine groups is 1. The molecular formula is C19H38IN5O2. The number of rotatable bonds is 3. The summed E-state index contributed by atoms with van der Waals surface area (Å²) in [7, 11) is 1.86. The number of piperidine rings is 1. The van der Waals surface area contributed by atoms with Crippen LogP contribution >= 0.6 is 24.0 Å². The number of amides is 1. The number of hydrogen-bond donors (Lipinski definition) is 1. The van der Waals surface area contributed by atoms with Crippen molar-refractivity contribution in [2.45, 2.75) is 46.1 Å². The van der Waals surface area contributed by atoms with Gasteiger partial charge in [0.1, 0.15) is 5.60 Å². The number of hydrogen-bond acceptors (Lipinski definition) is 4. The smallest absolute Gasteiger partial charge is 0.410 e. The maximum atomic E-state index is 12.1. The normalized spacial score (nSPS) is 20.3. The average molecular weight is 495 g/mol. The summed E-state index contributed by atoms with van der Waals surface area (Å²) in [6.45, 7) is 15.3. The zero-order valence-electron chi connectivity index (χ0n) is 17.7. The quantitative estimate of drug-likeness (QED) is 0.371. The fraction of sp³-hybridized carbons (Fsp3) is 0.895. The Labute approximate surface area is 181 Å². The first kappa shape index (κ1) is 24.3. The summed E-state index contributed by atoms with van der Waals surface area (Å²) in [5.74, 6) is 1.84. The topological polar surface area (TPSA) is 60.4 Å². The highest BCUT2D eigenvalue weighted by molar-refractivity contribution is 14.0. The molecule has 2 aliphatic rings.